The highest BCUT2D eigenvalue weighted by atomic mass is 32.2. The molecule has 2 unspecified atom stereocenters. The zero-order valence-electron chi connectivity index (χ0n) is 11.3. The second kappa shape index (κ2) is 12.8. The molecule has 1 fully saturated rings. The Kier molecular flexibility index (Phi) is 12.9. The van der Waals surface area contributed by atoms with Gasteiger partial charge in [0.2, 0.25) is 0 Å². The van der Waals surface area contributed by atoms with Gasteiger partial charge in [0.15, 0.2) is 0 Å². The van der Waals surface area contributed by atoms with Crippen molar-refractivity contribution in [3.05, 3.63) is 0 Å². The van der Waals surface area contributed by atoms with Gasteiger partial charge in [-0.2, -0.15) is 70.6 Å². The van der Waals surface area contributed by atoms with E-state index >= 15 is 0 Å². The Morgan fingerprint density at radius 3 is 1.56 bits per heavy atom. The molecule has 0 saturated carbocycles. The van der Waals surface area contributed by atoms with Crippen LogP contribution in [0.4, 0.5) is 0 Å². The van der Waals surface area contributed by atoms with E-state index in [0.717, 1.165) is 10.5 Å². The molecule has 1 heterocycles. The smallest absolute Gasteiger partial charge is 0.0229 e. The molecule has 1 saturated heterocycles. The number of hydrogen-bond acceptors (Lipinski definition) is 6. The Hall–Kier alpha value is 2.10. The summed E-state index contributed by atoms with van der Waals surface area (Å²) in [7, 11) is 0. The summed E-state index contributed by atoms with van der Waals surface area (Å²) < 4.78 is 0. The van der Waals surface area contributed by atoms with Crippen LogP contribution in [0.5, 0.6) is 0 Å². The van der Waals surface area contributed by atoms with Gasteiger partial charge >= 0.3 is 0 Å². The minimum Gasteiger partial charge on any atom is -0.165 e. The van der Waals surface area contributed by atoms with Crippen molar-refractivity contribution >= 4 is 70.6 Å². The maximum atomic E-state index is 2.23. The van der Waals surface area contributed by atoms with E-state index in [1.807, 2.05) is 23.5 Å². The molecular weight excluding hydrogens is 337 g/mol. The van der Waals surface area contributed by atoms with Gasteiger partial charge < -0.3 is 0 Å². The van der Waals surface area contributed by atoms with Crippen LogP contribution in [0.3, 0.4) is 0 Å². The van der Waals surface area contributed by atoms with Crippen molar-refractivity contribution < 1.29 is 0 Å². The summed E-state index contributed by atoms with van der Waals surface area (Å²) in [6.07, 6.45) is 4.40. The number of hydrogen-bond donors (Lipinski definition) is 0. The summed E-state index contributed by atoms with van der Waals surface area (Å²) >= 11 is 12.7. The molecule has 0 spiro atoms. The second-order valence-corrected chi connectivity index (χ2v) is 11.0. The fourth-order valence-corrected chi connectivity index (χ4v) is 8.96. The normalized spacial score (nSPS) is 24.3. The summed E-state index contributed by atoms with van der Waals surface area (Å²) in [6, 6.07) is 0. The van der Waals surface area contributed by atoms with Crippen molar-refractivity contribution in [3.8, 4) is 0 Å². The molecule has 0 aromatic carbocycles. The fraction of sp³-hybridized carbons (Fsp3) is 1.00. The molecule has 0 aliphatic carbocycles. The lowest BCUT2D eigenvalue weighted by Gasteiger charge is -2.27. The van der Waals surface area contributed by atoms with Gasteiger partial charge in [-0.1, -0.05) is 0 Å². The molecule has 0 radical (unpaired) electrons. The van der Waals surface area contributed by atoms with Crippen LogP contribution in [0.1, 0.15) is 0 Å². The van der Waals surface area contributed by atoms with Crippen molar-refractivity contribution in [2.75, 3.05) is 58.5 Å². The first-order valence-corrected chi connectivity index (χ1v) is 13.4. The molecule has 108 valence electrons. The summed E-state index contributed by atoms with van der Waals surface area (Å²) in [6.45, 7) is 0. The van der Waals surface area contributed by atoms with Crippen molar-refractivity contribution in [1.29, 1.82) is 0 Å². The highest BCUT2D eigenvalue weighted by Crippen LogP contribution is 2.33. The third-order valence-corrected chi connectivity index (χ3v) is 10.2. The Bertz CT molecular complexity index is 161. The lowest BCUT2D eigenvalue weighted by molar-refractivity contribution is 1.06. The fourth-order valence-electron chi connectivity index (χ4n) is 1.49. The predicted octanol–water partition coefficient (Wildman–Crippen LogP) is 4.40. The summed E-state index contributed by atoms with van der Waals surface area (Å²) in [5.74, 6) is 10.8. The van der Waals surface area contributed by atoms with Gasteiger partial charge in [-0.3, -0.25) is 0 Å². The van der Waals surface area contributed by atoms with Crippen LogP contribution in [-0.2, 0) is 0 Å². The van der Waals surface area contributed by atoms with E-state index in [0.29, 0.717) is 0 Å². The Labute approximate surface area is 138 Å². The summed E-state index contributed by atoms with van der Waals surface area (Å²) in [5.41, 5.74) is 0. The highest BCUT2D eigenvalue weighted by molar-refractivity contribution is 8.09. The van der Waals surface area contributed by atoms with Crippen LogP contribution in [0, 0.1) is 0 Å². The van der Waals surface area contributed by atoms with Crippen LogP contribution < -0.4 is 0 Å². The second-order valence-electron chi connectivity index (χ2n) is 4.05. The molecular formula is C12H24S6. The molecule has 0 nitrogen and oxygen atoms in total. The van der Waals surface area contributed by atoms with Crippen LogP contribution in [0.2, 0.25) is 0 Å². The van der Waals surface area contributed by atoms with Crippen molar-refractivity contribution in [2.24, 2.45) is 0 Å². The van der Waals surface area contributed by atoms with Crippen LogP contribution in [-0.4, -0.2) is 69.0 Å². The van der Waals surface area contributed by atoms with E-state index in [1.165, 1.54) is 46.0 Å². The minimum atomic E-state index is 0.911. The summed E-state index contributed by atoms with van der Waals surface area (Å²) in [4.78, 5) is 0. The first-order chi connectivity index (χ1) is 8.86. The standard InChI is InChI=1S/C12H24S6/c1-13-3-5-15-7-11-9-18-12(10-17-11)8-16-6-4-14-2/h11-12H,3-10H2,1-2H3. The molecule has 0 N–H and O–H groups in total. The number of thioether (sulfide) groups is 6. The summed E-state index contributed by atoms with van der Waals surface area (Å²) in [5, 5.41) is 1.82. The predicted molar refractivity (Wildman–Crippen MR) is 104 cm³/mol. The molecule has 0 aromatic rings. The van der Waals surface area contributed by atoms with Crippen molar-refractivity contribution in [2.45, 2.75) is 10.5 Å². The van der Waals surface area contributed by atoms with E-state index < -0.39 is 0 Å². The average Bonchev–Trinajstić information content (AvgIpc) is 2.41. The van der Waals surface area contributed by atoms with E-state index in [9.17, 15) is 0 Å². The molecule has 1 aliphatic rings. The van der Waals surface area contributed by atoms with Crippen molar-refractivity contribution in [1.82, 2.24) is 0 Å². The number of rotatable bonds is 10. The van der Waals surface area contributed by atoms with Gasteiger partial charge in [0, 0.05) is 56.5 Å². The van der Waals surface area contributed by atoms with Gasteiger partial charge in [-0.15, -0.1) is 0 Å². The zero-order valence-corrected chi connectivity index (χ0v) is 16.2. The minimum absolute atomic E-state index is 0.911. The molecule has 18 heavy (non-hydrogen) atoms. The molecule has 1 aliphatic heterocycles. The Morgan fingerprint density at radius 1 is 0.778 bits per heavy atom. The van der Waals surface area contributed by atoms with Crippen molar-refractivity contribution in [3.63, 3.8) is 0 Å². The Balaban J connectivity index is 1.95. The van der Waals surface area contributed by atoms with E-state index in [1.54, 1.807) is 0 Å². The molecule has 1 rings (SSSR count). The molecule has 0 bridgehead atoms. The monoisotopic (exact) mass is 360 g/mol. The third kappa shape index (κ3) is 9.11. The van der Waals surface area contributed by atoms with E-state index in [4.69, 9.17) is 0 Å². The van der Waals surface area contributed by atoms with Crippen LogP contribution >= 0.6 is 70.6 Å². The first-order valence-electron chi connectivity index (χ1n) is 6.23. The first kappa shape index (κ1) is 18.1. The average molecular weight is 361 g/mol. The zero-order chi connectivity index (χ0) is 13.1. The Morgan fingerprint density at radius 2 is 1.22 bits per heavy atom. The quantitative estimate of drug-likeness (QED) is 0.526. The molecule has 0 aromatic heterocycles. The van der Waals surface area contributed by atoms with Gasteiger partial charge in [-0.05, 0) is 12.5 Å². The maximum Gasteiger partial charge on any atom is 0.0229 e. The lowest BCUT2D eigenvalue weighted by Crippen LogP contribution is -2.25. The molecule has 0 amide bonds. The largest absolute Gasteiger partial charge is 0.165 e. The molecule has 6 heteroatoms. The topological polar surface area (TPSA) is 0 Å². The van der Waals surface area contributed by atoms with Crippen LogP contribution in [0.15, 0.2) is 0 Å². The maximum absolute atomic E-state index is 2.23. The van der Waals surface area contributed by atoms with Gasteiger partial charge in [0.1, 0.15) is 0 Å². The van der Waals surface area contributed by atoms with Gasteiger partial charge in [-0.25, -0.2) is 0 Å². The SMILES string of the molecule is CSCCSCC1CSC(CSCCSC)CS1. The van der Waals surface area contributed by atoms with Gasteiger partial charge in [0.25, 0.3) is 0 Å². The lowest BCUT2D eigenvalue weighted by atomic mass is 10.5. The van der Waals surface area contributed by atoms with Gasteiger partial charge in [0.05, 0.1) is 0 Å². The van der Waals surface area contributed by atoms with Crippen LogP contribution in [0.25, 0.3) is 0 Å². The van der Waals surface area contributed by atoms with E-state index in [-0.39, 0.29) is 0 Å². The molecule has 2 atom stereocenters. The third-order valence-electron chi connectivity index (χ3n) is 2.51. The van der Waals surface area contributed by atoms with E-state index in [2.05, 4.69) is 59.6 Å². The highest BCUT2D eigenvalue weighted by Gasteiger charge is 2.21.